The molecule has 2 aromatic rings. The van der Waals surface area contributed by atoms with Crippen LogP contribution in [0.2, 0.25) is 5.02 Å². The normalized spacial score (nSPS) is 17.6. The average Bonchev–Trinajstić information content (AvgIpc) is 2.89. The molecule has 8 heteroatoms. The van der Waals surface area contributed by atoms with E-state index in [1.807, 2.05) is 0 Å². The van der Waals surface area contributed by atoms with Crippen LogP contribution in [0.15, 0.2) is 18.2 Å². The van der Waals surface area contributed by atoms with Gasteiger partial charge in [-0.25, -0.2) is 4.98 Å². The quantitative estimate of drug-likeness (QED) is 0.511. The average molecular weight is 317 g/mol. The summed E-state index contributed by atoms with van der Waals surface area (Å²) in [5.41, 5.74) is 1.17. The number of aliphatic hydroxyl groups is 4. The topological polar surface area (TPSA) is 119 Å². The second-order valence-electron chi connectivity index (χ2n) is 4.67. The molecule has 116 valence electrons. The van der Waals surface area contributed by atoms with Gasteiger partial charge in [-0.05, 0) is 18.2 Å². The number of rotatable bonds is 6. The van der Waals surface area contributed by atoms with Gasteiger partial charge in [0, 0.05) is 12.1 Å². The summed E-state index contributed by atoms with van der Waals surface area (Å²) in [4.78, 5) is 6.96. The minimum absolute atomic E-state index is 0.0895. The van der Waals surface area contributed by atoms with Crippen molar-refractivity contribution in [2.45, 2.75) is 24.4 Å². The number of fused-ring (bicyclic) bond motifs is 1. The molecule has 1 aromatic heterocycles. The maximum absolute atomic E-state index is 10.1. The lowest BCUT2D eigenvalue weighted by Gasteiger charge is -2.26. The van der Waals surface area contributed by atoms with Crippen molar-refractivity contribution in [2.24, 2.45) is 0 Å². The second-order valence-corrected chi connectivity index (χ2v) is 5.10. The van der Waals surface area contributed by atoms with E-state index in [1.165, 1.54) is 7.11 Å². The van der Waals surface area contributed by atoms with E-state index in [1.54, 1.807) is 18.2 Å². The number of hydrogen-bond acceptors (Lipinski definition) is 6. The number of halogens is 1. The Morgan fingerprint density at radius 2 is 2.00 bits per heavy atom. The van der Waals surface area contributed by atoms with E-state index in [4.69, 9.17) is 21.4 Å². The number of aromatic nitrogens is 2. The lowest BCUT2D eigenvalue weighted by atomic mass is 10.0. The van der Waals surface area contributed by atoms with Crippen LogP contribution in [0.3, 0.4) is 0 Å². The van der Waals surface area contributed by atoms with Crippen molar-refractivity contribution in [3.05, 3.63) is 29.0 Å². The molecule has 5 N–H and O–H groups in total. The number of methoxy groups -OCH3 is 1. The highest BCUT2D eigenvalue weighted by Crippen LogP contribution is 2.23. The molecule has 4 atom stereocenters. The molecule has 7 nitrogen and oxygen atoms in total. The van der Waals surface area contributed by atoms with Gasteiger partial charge in [0.15, 0.2) is 0 Å². The zero-order valence-corrected chi connectivity index (χ0v) is 12.0. The van der Waals surface area contributed by atoms with Crippen LogP contribution in [0, 0.1) is 0 Å². The number of imidazole rings is 1. The Kier molecular flexibility index (Phi) is 5.15. The lowest BCUT2D eigenvalue weighted by Crippen LogP contribution is -2.43. The third kappa shape index (κ3) is 3.34. The zero-order chi connectivity index (χ0) is 15.6. The van der Waals surface area contributed by atoms with Gasteiger partial charge in [0.1, 0.15) is 30.2 Å². The van der Waals surface area contributed by atoms with Crippen LogP contribution in [-0.4, -0.2) is 62.4 Å². The van der Waals surface area contributed by atoms with Crippen molar-refractivity contribution in [1.82, 2.24) is 9.97 Å². The van der Waals surface area contributed by atoms with Crippen molar-refractivity contribution in [3.63, 3.8) is 0 Å². The molecule has 0 aliphatic heterocycles. The number of ether oxygens (including phenoxy) is 1. The molecule has 0 saturated heterocycles. The van der Waals surface area contributed by atoms with E-state index < -0.39 is 31.0 Å². The number of aromatic amines is 1. The Bertz CT molecular complexity index is 601. The molecule has 21 heavy (non-hydrogen) atoms. The highest BCUT2D eigenvalue weighted by Gasteiger charge is 2.33. The highest BCUT2D eigenvalue weighted by atomic mass is 35.5. The van der Waals surface area contributed by atoms with Gasteiger partial charge >= 0.3 is 0 Å². The molecule has 2 rings (SSSR count). The predicted molar refractivity (Wildman–Crippen MR) is 76.0 cm³/mol. The molecule has 0 bridgehead atoms. The lowest BCUT2D eigenvalue weighted by molar-refractivity contribution is -0.127. The summed E-state index contributed by atoms with van der Waals surface area (Å²) < 4.78 is 4.82. The number of aliphatic hydroxyl groups excluding tert-OH is 4. The van der Waals surface area contributed by atoms with E-state index in [0.29, 0.717) is 16.1 Å². The molecular formula is C13H17ClN2O5. The van der Waals surface area contributed by atoms with Gasteiger partial charge < -0.3 is 30.1 Å². The first-order valence-electron chi connectivity index (χ1n) is 6.31. The third-order valence-corrected chi connectivity index (χ3v) is 3.51. The van der Waals surface area contributed by atoms with Crippen LogP contribution < -0.4 is 0 Å². The minimum Gasteiger partial charge on any atom is -0.394 e. The Labute approximate surface area is 125 Å². The van der Waals surface area contributed by atoms with Crippen LogP contribution in [-0.2, 0) is 4.74 Å². The summed E-state index contributed by atoms with van der Waals surface area (Å²) in [7, 11) is 1.28. The van der Waals surface area contributed by atoms with Gasteiger partial charge in [-0.15, -0.1) is 0 Å². The van der Waals surface area contributed by atoms with Gasteiger partial charge in [-0.3, -0.25) is 0 Å². The van der Waals surface area contributed by atoms with Crippen molar-refractivity contribution in [1.29, 1.82) is 0 Å². The fourth-order valence-corrected chi connectivity index (χ4v) is 2.20. The molecule has 1 aromatic carbocycles. The Morgan fingerprint density at radius 1 is 1.29 bits per heavy atom. The molecule has 0 spiro atoms. The smallest absolute Gasteiger partial charge is 0.140 e. The number of benzene rings is 1. The molecule has 0 amide bonds. The van der Waals surface area contributed by atoms with Gasteiger partial charge in [0.2, 0.25) is 0 Å². The van der Waals surface area contributed by atoms with E-state index in [2.05, 4.69) is 9.97 Å². The molecule has 3 unspecified atom stereocenters. The minimum atomic E-state index is -1.57. The SMILES string of the molecule is COC(CO)[C@@H](O)C(O)C(O)c1nc2ccc(Cl)cc2[nH]1. The monoisotopic (exact) mass is 316 g/mol. The van der Waals surface area contributed by atoms with Gasteiger partial charge in [-0.1, -0.05) is 11.6 Å². The molecule has 0 fully saturated rings. The summed E-state index contributed by atoms with van der Waals surface area (Å²) in [6.07, 6.45) is -5.51. The number of nitrogens with zero attached hydrogens (tertiary/aromatic N) is 1. The summed E-state index contributed by atoms with van der Waals surface area (Å²) in [5.74, 6) is 0.0895. The number of nitrogens with one attached hydrogen (secondary N) is 1. The maximum atomic E-state index is 10.1. The van der Waals surface area contributed by atoms with E-state index in [0.717, 1.165) is 0 Å². The van der Waals surface area contributed by atoms with Crippen LogP contribution in [0.4, 0.5) is 0 Å². The predicted octanol–water partition coefficient (Wildman–Crippen LogP) is -0.0212. The molecular weight excluding hydrogens is 300 g/mol. The van der Waals surface area contributed by atoms with Gasteiger partial charge in [0.25, 0.3) is 0 Å². The van der Waals surface area contributed by atoms with E-state index in [9.17, 15) is 15.3 Å². The molecule has 0 saturated carbocycles. The first kappa shape index (κ1) is 16.2. The molecule has 0 radical (unpaired) electrons. The summed E-state index contributed by atoms with van der Waals surface area (Å²) in [6.45, 7) is -0.489. The van der Waals surface area contributed by atoms with Crippen molar-refractivity contribution < 1.29 is 25.2 Å². The van der Waals surface area contributed by atoms with Crippen LogP contribution in [0.25, 0.3) is 11.0 Å². The zero-order valence-electron chi connectivity index (χ0n) is 11.3. The van der Waals surface area contributed by atoms with Crippen LogP contribution in [0.1, 0.15) is 11.9 Å². The molecule has 0 aliphatic rings. The first-order valence-corrected chi connectivity index (χ1v) is 6.68. The third-order valence-electron chi connectivity index (χ3n) is 3.28. The summed E-state index contributed by atoms with van der Waals surface area (Å²) in [5, 5.41) is 39.5. The fraction of sp³-hybridized carbons (Fsp3) is 0.462. The first-order chi connectivity index (χ1) is 9.97. The Hall–Kier alpha value is -1.22. The van der Waals surface area contributed by atoms with Crippen LogP contribution in [0.5, 0.6) is 0 Å². The van der Waals surface area contributed by atoms with E-state index in [-0.39, 0.29) is 5.82 Å². The van der Waals surface area contributed by atoms with Crippen molar-refractivity contribution in [3.8, 4) is 0 Å². The Morgan fingerprint density at radius 3 is 2.62 bits per heavy atom. The summed E-state index contributed by atoms with van der Waals surface area (Å²) in [6, 6.07) is 4.95. The molecule has 1 heterocycles. The van der Waals surface area contributed by atoms with Crippen molar-refractivity contribution >= 4 is 22.6 Å². The van der Waals surface area contributed by atoms with E-state index >= 15 is 0 Å². The summed E-state index contributed by atoms with van der Waals surface area (Å²) >= 11 is 5.86. The largest absolute Gasteiger partial charge is 0.394 e. The second kappa shape index (κ2) is 6.69. The van der Waals surface area contributed by atoms with Gasteiger partial charge in [0.05, 0.1) is 17.6 Å². The maximum Gasteiger partial charge on any atom is 0.140 e. The highest BCUT2D eigenvalue weighted by molar-refractivity contribution is 6.31. The van der Waals surface area contributed by atoms with Gasteiger partial charge in [-0.2, -0.15) is 0 Å². The molecule has 0 aliphatic carbocycles. The number of H-pyrrole nitrogens is 1. The number of hydrogen-bond donors (Lipinski definition) is 5. The Balaban J connectivity index is 2.22. The van der Waals surface area contributed by atoms with Crippen LogP contribution >= 0.6 is 11.6 Å². The van der Waals surface area contributed by atoms with Crippen molar-refractivity contribution in [2.75, 3.05) is 13.7 Å². The standard InChI is InChI=1S/C13H17ClN2O5/c1-21-9(5-17)10(18)11(19)12(20)13-15-7-3-2-6(14)4-8(7)16-13/h2-4,9-12,17-20H,5H2,1H3,(H,15,16)/t9?,10-,11?,12?/m1/s1. The fourth-order valence-electron chi connectivity index (χ4n) is 2.03.